The molecule has 0 bridgehead atoms. The Morgan fingerprint density at radius 1 is 1.67 bits per heavy atom. The van der Waals surface area contributed by atoms with Gasteiger partial charge in [-0.05, 0) is 32.4 Å². The zero-order chi connectivity index (χ0) is 11.5. The first-order valence-electron chi connectivity index (χ1n) is 5.66. The Balaban J connectivity index is 2.47. The van der Waals surface area contributed by atoms with E-state index in [2.05, 4.69) is 17.1 Å². The van der Waals surface area contributed by atoms with Gasteiger partial charge in [-0.25, -0.2) is 0 Å². The first-order chi connectivity index (χ1) is 7.01. The van der Waals surface area contributed by atoms with Crippen LogP contribution in [0.2, 0.25) is 0 Å². The van der Waals surface area contributed by atoms with Crippen LogP contribution in [0.15, 0.2) is 0 Å². The molecular formula is C11H23N3O. The summed E-state index contributed by atoms with van der Waals surface area (Å²) in [5.41, 5.74) is 5.39. The van der Waals surface area contributed by atoms with Crippen molar-refractivity contribution >= 4 is 5.91 Å². The third-order valence-corrected chi connectivity index (χ3v) is 3.30. The molecule has 2 unspecified atom stereocenters. The highest BCUT2D eigenvalue weighted by Crippen LogP contribution is 2.30. The number of likely N-dealkylation sites (tertiary alicyclic amines) is 1. The quantitative estimate of drug-likeness (QED) is 0.693. The molecule has 0 aliphatic carbocycles. The van der Waals surface area contributed by atoms with E-state index in [1.54, 1.807) is 7.05 Å². The van der Waals surface area contributed by atoms with E-state index < -0.39 is 0 Å². The molecule has 1 heterocycles. The average Bonchev–Trinajstić information content (AvgIpc) is 2.60. The highest BCUT2D eigenvalue weighted by molar-refractivity contribution is 5.82. The van der Waals surface area contributed by atoms with Crippen LogP contribution in [-0.2, 0) is 4.79 Å². The van der Waals surface area contributed by atoms with Gasteiger partial charge in [0, 0.05) is 20.1 Å². The average molecular weight is 213 g/mol. The highest BCUT2D eigenvalue weighted by atomic mass is 16.2. The molecule has 1 fully saturated rings. The number of carbonyl (C=O) groups is 1. The van der Waals surface area contributed by atoms with Crippen molar-refractivity contribution in [1.82, 2.24) is 10.2 Å². The molecule has 3 N–H and O–H groups in total. The second-order valence-electron chi connectivity index (χ2n) is 4.97. The Kier molecular flexibility index (Phi) is 4.11. The second kappa shape index (κ2) is 4.94. The largest absolute Gasteiger partial charge is 0.359 e. The lowest BCUT2D eigenvalue weighted by molar-refractivity contribution is -0.129. The van der Waals surface area contributed by atoms with Crippen molar-refractivity contribution in [3.05, 3.63) is 0 Å². The van der Waals surface area contributed by atoms with Gasteiger partial charge in [0.05, 0.1) is 5.41 Å². The third kappa shape index (κ3) is 2.92. The van der Waals surface area contributed by atoms with Crippen molar-refractivity contribution in [1.29, 1.82) is 0 Å². The summed E-state index contributed by atoms with van der Waals surface area (Å²) in [4.78, 5) is 14.0. The van der Waals surface area contributed by atoms with E-state index in [9.17, 15) is 4.79 Å². The van der Waals surface area contributed by atoms with Crippen LogP contribution in [-0.4, -0.2) is 44.0 Å². The van der Waals surface area contributed by atoms with E-state index in [1.165, 1.54) is 0 Å². The van der Waals surface area contributed by atoms with Crippen molar-refractivity contribution < 1.29 is 4.79 Å². The molecule has 4 heteroatoms. The molecule has 15 heavy (non-hydrogen) atoms. The van der Waals surface area contributed by atoms with Crippen LogP contribution in [0.1, 0.15) is 20.3 Å². The topological polar surface area (TPSA) is 58.4 Å². The normalized spacial score (nSPS) is 29.1. The van der Waals surface area contributed by atoms with Crippen molar-refractivity contribution in [3.8, 4) is 0 Å². The number of nitrogens with two attached hydrogens (primary N) is 1. The van der Waals surface area contributed by atoms with Gasteiger partial charge in [0.2, 0.25) is 5.91 Å². The molecular weight excluding hydrogens is 190 g/mol. The maximum Gasteiger partial charge on any atom is 0.227 e. The number of amides is 1. The van der Waals surface area contributed by atoms with E-state index in [-0.39, 0.29) is 11.3 Å². The summed E-state index contributed by atoms with van der Waals surface area (Å²) < 4.78 is 0. The van der Waals surface area contributed by atoms with Crippen molar-refractivity contribution in [2.45, 2.75) is 20.3 Å². The van der Waals surface area contributed by atoms with Gasteiger partial charge in [-0.3, -0.25) is 4.79 Å². The van der Waals surface area contributed by atoms with Gasteiger partial charge in [0.15, 0.2) is 0 Å². The number of carbonyl (C=O) groups excluding carboxylic acids is 1. The molecule has 0 spiro atoms. The number of rotatable bonds is 4. The van der Waals surface area contributed by atoms with Crippen LogP contribution in [0.3, 0.4) is 0 Å². The first kappa shape index (κ1) is 12.5. The summed E-state index contributed by atoms with van der Waals surface area (Å²) >= 11 is 0. The standard InChI is InChI=1S/C11H23N3O/c1-9(6-12)7-14-5-4-11(2,8-14)10(15)13-3/h9H,4-8,12H2,1-3H3,(H,13,15). The summed E-state index contributed by atoms with van der Waals surface area (Å²) in [6.07, 6.45) is 0.948. The van der Waals surface area contributed by atoms with Crippen LogP contribution in [0, 0.1) is 11.3 Å². The van der Waals surface area contributed by atoms with Crippen LogP contribution in [0.25, 0.3) is 0 Å². The van der Waals surface area contributed by atoms with E-state index in [0.29, 0.717) is 12.5 Å². The molecule has 0 aromatic carbocycles. The Morgan fingerprint density at radius 3 is 2.87 bits per heavy atom. The van der Waals surface area contributed by atoms with Crippen LogP contribution in [0.5, 0.6) is 0 Å². The van der Waals surface area contributed by atoms with Gasteiger partial charge < -0.3 is 16.0 Å². The third-order valence-electron chi connectivity index (χ3n) is 3.30. The smallest absolute Gasteiger partial charge is 0.227 e. The molecule has 1 amide bonds. The Morgan fingerprint density at radius 2 is 2.33 bits per heavy atom. The lowest BCUT2D eigenvalue weighted by atomic mass is 9.89. The molecule has 4 nitrogen and oxygen atoms in total. The maximum absolute atomic E-state index is 11.7. The summed E-state index contributed by atoms with van der Waals surface area (Å²) in [6.45, 7) is 7.77. The maximum atomic E-state index is 11.7. The highest BCUT2D eigenvalue weighted by Gasteiger charge is 2.39. The zero-order valence-corrected chi connectivity index (χ0v) is 10.0. The molecule has 0 radical (unpaired) electrons. The molecule has 0 aromatic rings. The van der Waals surface area contributed by atoms with Crippen molar-refractivity contribution in [3.63, 3.8) is 0 Å². The van der Waals surface area contributed by atoms with Crippen molar-refractivity contribution in [2.75, 3.05) is 33.2 Å². The molecule has 2 atom stereocenters. The number of nitrogens with zero attached hydrogens (tertiary/aromatic N) is 1. The van der Waals surface area contributed by atoms with Crippen LogP contribution < -0.4 is 11.1 Å². The van der Waals surface area contributed by atoms with Gasteiger partial charge in [-0.15, -0.1) is 0 Å². The number of nitrogens with one attached hydrogen (secondary N) is 1. The minimum atomic E-state index is -0.205. The Bertz CT molecular complexity index is 232. The Hall–Kier alpha value is -0.610. The molecule has 1 saturated heterocycles. The van der Waals surface area contributed by atoms with E-state index >= 15 is 0 Å². The van der Waals surface area contributed by atoms with Gasteiger partial charge in [-0.1, -0.05) is 6.92 Å². The molecule has 1 aliphatic heterocycles. The van der Waals surface area contributed by atoms with E-state index in [4.69, 9.17) is 5.73 Å². The fourth-order valence-electron chi connectivity index (χ4n) is 2.21. The predicted molar refractivity (Wildman–Crippen MR) is 61.4 cm³/mol. The minimum absolute atomic E-state index is 0.158. The SMILES string of the molecule is CNC(=O)C1(C)CCN(CC(C)CN)C1. The molecule has 1 rings (SSSR count). The fourth-order valence-corrected chi connectivity index (χ4v) is 2.21. The summed E-state index contributed by atoms with van der Waals surface area (Å²) in [5.74, 6) is 0.669. The lowest BCUT2D eigenvalue weighted by Gasteiger charge is -2.24. The summed E-state index contributed by atoms with van der Waals surface area (Å²) in [7, 11) is 1.71. The fraction of sp³-hybridized carbons (Fsp3) is 0.909. The van der Waals surface area contributed by atoms with Crippen molar-refractivity contribution in [2.24, 2.45) is 17.1 Å². The lowest BCUT2D eigenvalue weighted by Crippen LogP contribution is -2.40. The predicted octanol–water partition coefficient (Wildman–Crippen LogP) is 0.0392. The van der Waals surface area contributed by atoms with Crippen LogP contribution in [0.4, 0.5) is 0 Å². The second-order valence-corrected chi connectivity index (χ2v) is 4.97. The van der Waals surface area contributed by atoms with E-state index in [0.717, 1.165) is 26.1 Å². The molecule has 0 saturated carbocycles. The van der Waals surface area contributed by atoms with Gasteiger partial charge >= 0.3 is 0 Å². The zero-order valence-electron chi connectivity index (χ0n) is 10.0. The minimum Gasteiger partial charge on any atom is -0.359 e. The Labute approximate surface area is 92.2 Å². The van der Waals surface area contributed by atoms with Crippen LogP contribution >= 0.6 is 0 Å². The summed E-state index contributed by atoms with van der Waals surface area (Å²) in [6, 6.07) is 0. The van der Waals surface area contributed by atoms with E-state index in [1.807, 2.05) is 6.92 Å². The number of hydrogen-bond acceptors (Lipinski definition) is 3. The number of hydrogen-bond donors (Lipinski definition) is 2. The monoisotopic (exact) mass is 213 g/mol. The van der Waals surface area contributed by atoms with Gasteiger partial charge in [-0.2, -0.15) is 0 Å². The molecule has 1 aliphatic rings. The molecule has 88 valence electrons. The first-order valence-corrected chi connectivity index (χ1v) is 5.66. The summed E-state index contributed by atoms with van der Waals surface area (Å²) in [5, 5.41) is 2.74. The van der Waals surface area contributed by atoms with Gasteiger partial charge in [0.25, 0.3) is 0 Å². The molecule has 0 aromatic heterocycles. The van der Waals surface area contributed by atoms with Gasteiger partial charge in [0.1, 0.15) is 0 Å².